The van der Waals surface area contributed by atoms with Crippen LogP contribution in [0.15, 0.2) is 18.2 Å². The summed E-state index contributed by atoms with van der Waals surface area (Å²) >= 11 is 5.59. The fraction of sp³-hybridized carbons (Fsp3) is 0. The molecular formula is C7H4ClN3O3. The highest BCUT2D eigenvalue weighted by atomic mass is 35.5. The highest BCUT2D eigenvalue weighted by Crippen LogP contribution is 2.28. The first-order valence-corrected chi connectivity index (χ1v) is 3.76. The standard InChI is InChI=1S/C7H4ClN3O3/c8-6-3-5(11(13)14)1-2-7(6)10(12)4-9/h1-3,12H. The maximum absolute atomic E-state index is 10.3. The molecule has 14 heavy (non-hydrogen) atoms. The van der Waals surface area contributed by atoms with E-state index < -0.39 is 4.92 Å². The second kappa shape index (κ2) is 3.91. The van der Waals surface area contributed by atoms with Crippen LogP contribution in [0.4, 0.5) is 11.4 Å². The number of nitro benzene ring substituents is 1. The van der Waals surface area contributed by atoms with E-state index in [9.17, 15) is 10.1 Å². The van der Waals surface area contributed by atoms with E-state index in [2.05, 4.69) is 0 Å². The number of halogens is 1. The van der Waals surface area contributed by atoms with Gasteiger partial charge in [-0.15, -0.1) is 0 Å². The summed E-state index contributed by atoms with van der Waals surface area (Å²) in [6, 6.07) is 3.38. The molecule has 7 heteroatoms. The summed E-state index contributed by atoms with van der Waals surface area (Å²) in [7, 11) is 0. The first-order chi connectivity index (χ1) is 6.56. The molecule has 6 nitrogen and oxygen atoms in total. The lowest BCUT2D eigenvalue weighted by molar-refractivity contribution is -0.384. The third-order valence-corrected chi connectivity index (χ3v) is 1.77. The second-order valence-corrected chi connectivity index (χ2v) is 2.71. The molecule has 0 aliphatic rings. The van der Waals surface area contributed by atoms with Crippen LogP contribution in [0.2, 0.25) is 5.02 Å². The number of non-ortho nitro benzene ring substituents is 1. The van der Waals surface area contributed by atoms with Gasteiger partial charge in [-0.1, -0.05) is 11.6 Å². The smallest absolute Gasteiger partial charge is 0.271 e. The maximum atomic E-state index is 10.3. The average Bonchev–Trinajstić information content (AvgIpc) is 2.16. The summed E-state index contributed by atoms with van der Waals surface area (Å²) in [5, 5.41) is 27.8. The van der Waals surface area contributed by atoms with E-state index >= 15 is 0 Å². The number of hydroxylamine groups is 1. The maximum Gasteiger partial charge on any atom is 0.271 e. The summed E-state index contributed by atoms with van der Waals surface area (Å²) in [5.41, 5.74) is -0.204. The van der Waals surface area contributed by atoms with Crippen LogP contribution in [0.5, 0.6) is 0 Å². The number of hydrogen-bond donors (Lipinski definition) is 1. The molecule has 0 saturated carbocycles. The minimum Gasteiger partial charge on any atom is -0.274 e. The van der Waals surface area contributed by atoms with Gasteiger partial charge in [-0.25, -0.2) is 0 Å². The Labute approximate surface area is 83.7 Å². The molecule has 1 aromatic rings. The zero-order valence-corrected chi connectivity index (χ0v) is 7.47. The van der Waals surface area contributed by atoms with Crippen molar-refractivity contribution in [2.24, 2.45) is 0 Å². The summed E-state index contributed by atoms with van der Waals surface area (Å²) in [5.74, 6) is 0. The van der Waals surface area contributed by atoms with Crippen molar-refractivity contribution in [3.8, 4) is 6.19 Å². The zero-order chi connectivity index (χ0) is 10.7. The number of nitrogens with zero attached hydrogens (tertiary/aromatic N) is 3. The molecule has 0 saturated heterocycles. The quantitative estimate of drug-likeness (QED) is 0.351. The van der Waals surface area contributed by atoms with Gasteiger partial charge in [0.1, 0.15) is 0 Å². The van der Waals surface area contributed by atoms with E-state index in [4.69, 9.17) is 22.1 Å². The van der Waals surface area contributed by atoms with Gasteiger partial charge in [0.2, 0.25) is 6.19 Å². The second-order valence-electron chi connectivity index (χ2n) is 2.30. The van der Waals surface area contributed by atoms with Gasteiger partial charge in [-0.3, -0.25) is 15.3 Å². The molecule has 0 bridgehead atoms. The van der Waals surface area contributed by atoms with E-state index in [0.717, 1.165) is 12.1 Å². The molecule has 0 heterocycles. The summed E-state index contributed by atoms with van der Waals surface area (Å²) in [6.07, 6.45) is 1.41. The number of anilines is 1. The molecule has 0 fully saturated rings. The molecule has 0 spiro atoms. The van der Waals surface area contributed by atoms with Crippen LogP contribution in [0.25, 0.3) is 0 Å². The van der Waals surface area contributed by atoms with E-state index in [1.807, 2.05) is 0 Å². The van der Waals surface area contributed by atoms with Crippen molar-refractivity contribution < 1.29 is 10.1 Å². The van der Waals surface area contributed by atoms with Crippen LogP contribution in [0.3, 0.4) is 0 Å². The molecule has 0 radical (unpaired) electrons. The normalized spacial score (nSPS) is 9.21. The fourth-order valence-corrected chi connectivity index (χ4v) is 1.09. The molecule has 0 aliphatic carbocycles. The van der Waals surface area contributed by atoms with Crippen LogP contribution in [-0.2, 0) is 0 Å². The largest absolute Gasteiger partial charge is 0.274 e. The predicted molar refractivity (Wildman–Crippen MR) is 48.0 cm³/mol. The van der Waals surface area contributed by atoms with E-state index in [-0.39, 0.29) is 21.5 Å². The number of benzene rings is 1. The third kappa shape index (κ3) is 1.90. The van der Waals surface area contributed by atoms with Crippen molar-refractivity contribution in [1.29, 1.82) is 5.26 Å². The number of nitro groups is 1. The fourth-order valence-electron chi connectivity index (χ4n) is 0.835. The van der Waals surface area contributed by atoms with Gasteiger partial charge in [-0.05, 0) is 6.07 Å². The van der Waals surface area contributed by atoms with Gasteiger partial charge in [0.05, 0.1) is 15.6 Å². The molecule has 72 valence electrons. The van der Waals surface area contributed by atoms with Crippen molar-refractivity contribution in [1.82, 2.24) is 0 Å². The van der Waals surface area contributed by atoms with Crippen LogP contribution in [-0.4, -0.2) is 10.1 Å². The van der Waals surface area contributed by atoms with Crippen molar-refractivity contribution in [3.05, 3.63) is 33.3 Å². The van der Waals surface area contributed by atoms with Gasteiger partial charge >= 0.3 is 0 Å². The number of hydrogen-bond acceptors (Lipinski definition) is 5. The average molecular weight is 214 g/mol. The molecule has 1 N–H and O–H groups in total. The lowest BCUT2D eigenvalue weighted by atomic mass is 10.3. The third-order valence-electron chi connectivity index (χ3n) is 1.46. The van der Waals surface area contributed by atoms with E-state index in [1.165, 1.54) is 12.3 Å². The SMILES string of the molecule is N#CN(O)c1ccc([N+](=O)[O-])cc1Cl. The highest BCUT2D eigenvalue weighted by Gasteiger charge is 2.12. The molecular weight excluding hydrogens is 210 g/mol. The van der Waals surface area contributed by atoms with Crippen molar-refractivity contribution >= 4 is 23.0 Å². The Bertz CT molecular complexity index is 415. The minimum absolute atomic E-state index is 0.000216. The lowest BCUT2D eigenvalue weighted by Crippen LogP contribution is -2.09. The molecule has 0 aromatic heterocycles. The van der Waals surface area contributed by atoms with Crippen molar-refractivity contribution in [3.63, 3.8) is 0 Å². The van der Waals surface area contributed by atoms with Gasteiger partial charge in [0.15, 0.2) is 0 Å². The Morgan fingerprint density at radius 3 is 2.71 bits per heavy atom. The minimum atomic E-state index is -0.621. The highest BCUT2D eigenvalue weighted by molar-refractivity contribution is 6.33. The lowest BCUT2D eigenvalue weighted by Gasteiger charge is -2.07. The van der Waals surface area contributed by atoms with Crippen molar-refractivity contribution in [2.75, 3.05) is 5.06 Å². The van der Waals surface area contributed by atoms with Crippen LogP contribution in [0.1, 0.15) is 0 Å². The van der Waals surface area contributed by atoms with E-state index in [1.54, 1.807) is 0 Å². The first kappa shape index (κ1) is 10.2. The molecule has 0 unspecified atom stereocenters. The Morgan fingerprint density at radius 2 is 2.29 bits per heavy atom. The monoisotopic (exact) mass is 213 g/mol. The van der Waals surface area contributed by atoms with Crippen molar-refractivity contribution in [2.45, 2.75) is 0 Å². The molecule has 1 rings (SSSR count). The molecule has 0 amide bonds. The zero-order valence-electron chi connectivity index (χ0n) is 6.72. The topological polar surface area (TPSA) is 90.4 Å². The first-order valence-electron chi connectivity index (χ1n) is 3.39. The van der Waals surface area contributed by atoms with Gasteiger partial charge in [0.25, 0.3) is 5.69 Å². The molecule has 0 aliphatic heterocycles. The van der Waals surface area contributed by atoms with Gasteiger partial charge < -0.3 is 0 Å². The van der Waals surface area contributed by atoms with Gasteiger partial charge in [-0.2, -0.15) is 10.3 Å². The van der Waals surface area contributed by atoms with Crippen LogP contribution >= 0.6 is 11.6 Å². The number of nitriles is 1. The Kier molecular flexibility index (Phi) is 2.86. The Balaban J connectivity index is 3.15. The molecule has 0 atom stereocenters. The summed E-state index contributed by atoms with van der Waals surface area (Å²) in [4.78, 5) is 9.69. The van der Waals surface area contributed by atoms with Gasteiger partial charge in [0, 0.05) is 12.1 Å². The summed E-state index contributed by atoms with van der Waals surface area (Å²) < 4.78 is 0. The number of rotatable bonds is 2. The van der Waals surface area contributed by atoms with Crippen LogP contribution in [0, 0.1) is 21.6 Å². The van der Waals surface area contributed by atoms with Crippen LogP contribution < -0.4 is 5.06 Å². The Hall–Kier alpha value is -1.84. The van der Waals surface area contributed by atoms with E-state index in [0.29, 0.717) is 0 Å². The predicted octanol–water partition coefficient (Wildman–Crippen LogP) is 1.92. The summed E-state index contributed by atoms with van der Waals surface area (Å²) in [6.45, 7) is 0. The molecule has 1 aromatic carbocycles. The Morgan fingerprint density at radius 1 is 1.64 bits per heavy atom.